The largest absolute Gasteiger partial charge is 0.294 e. The highest BCUT2D eigenvalue weighted by Gasteiger charge is 2.26. The van der Waals surface area contributed by atoms with Gasteiger partial charge in [0.05, 0.1) is 4.88 Å². The van der Waals surface area contributed by atoms with E-state index in [1.54, 1.807) is 29.6 Å². The molecule has 2 heterocycles. The number of hydrogen-bond acceptors (Lipinski definition) is 3. The van der Waals surface area contributed by atoms with E-state index in [1.165, 1.54) is 9.75 Å². The van der Waals surface area contributed by atoms with Gasteiger partial charge in [0, 0.05) is 15.2 Å². The zero-order valence-corrected chi connectivity index (χ0v) is 13.2. The van der Waals surface area contributed by atoms with E-state index in [4.69, 9.17) is 0 Å². The summed E-state index contributed by atoms with van der Waals surface area (Å²) in [7, 11) is 0. The molecular formula is C15H20OS2. The van der Waals surface area contributed by atoms with E-state index in [-0.39, 0.29) is 11.2 Å². The summed E-state index contributed by atoms with van der Waals surface area (Å²) in [5.74, 6) is 0.151. The van der Waals surface area contributed by atoms with Crippen LogP contribution in [-0.4, -0.2) is 5.78 Å². The smallest absolute Gasteiger partial charge is 0.169 e. The molecule has 0 unspecified atom stereocenters. The maximum absolute atomic E-state index is 11.3. The molecule has 98 valence electrons. The van der Waals surface area contributed by atoms with Gasteiger partial charge in [-0.05, 0) is 30.5 Å². The third-order valence-corrected chi connectivity index (χ3v) is 5.41. The van der Waals surface area contributed by atoms with Crippen molar-refractivity contribution in [3.05, 3.63) is 44.3 Å². The molecule has 0 bridgehead atoms. The van der Waals surface area contributed by atoms with Crippen LogP contribution < -0.4 is 0 Å². The van der Waals surface area contributed by atoms with Crippen LogP contribution in [0.3, 0.4) is 0 Å². The zero-order chi connectivity index (χ0) is 13.8. The zero-order valence-electron chi connectivity index (χ0n) is 11.6. The van der Waals surface area contributed by atoms with Crippen LogP contribution in [0.25, 0.3) is 0 Å². The van der Waals surface area contributed by atoms with Crippen molar-refractivity contribution in [1.29, 1.82) is 0 Å². The van der Waals surface area contributed by atoms with Crippen LogP contribution in [0.15, 0.2) is 29.6 Å². The summed E-state index contributed by atoms with van der Waals surface area (Å²) in [4.78, 5) is 14.7. The highest BCUT2D eigenvalue weighted by molar-refractivity contribution is 7.14. The van der Waals surface area contributed by atoms with Crippen molar-refractivity contribution in [3.63, 3.8) is 0 Å². The fourth-order valence-corrected chi connectivity index (χ4v) is 3.57. The molecule has 0 saturated carbocycles. The SMILES string of the molecule is CC.CC(=O)c1ccc(C(C)(C)c2cccs2)s1. The normalized spacial score (nSPS) is 10.7. The molecule has 0 aliphatic rings. The predicted molar refractivity (Wildman–Crippen MR) is 82.1 cm³/mol. The van der Waals surface area contributed by atoms with Crippen LogP contribution >= 0.6 is 22.7 Å². The summed E-state index contributed by atoms with van der Waals surface area (Å²) in [6.07, 6.45) is 0. The molecule has 0 radical (unpaired) electrons. The second kappa shape index (κ2) is 6.30. The number of carbonyl (C=O) groups is 1. The lowest BCUT2D eigenvalue weighted by Crippen LogP contribution is -2.15. The molecule has 1 nitrogen and oxygen atoms in total. The summed E-state index contributed by atoms with van der Waals surface area (Å²) < 4.78 is 0. The van der Waals surface area contributed by atoms with Crippen LogP contribution in [0.1, 0.15) is 54.0 Å². The van der Waals surface area contributed by atoms with Crippen LogP contribution in [0.5, 0.6) is 0 Å². The van der Waals surface area contributed by atoms with Gasteiger partial charge in [-0.2, -0.15) is 0 Å². The molecule has 0 spiro atoms. The number of hydrogen-bond donors (Lipinski definition) is 0. The van der Waals surface area contributed by atoms with Gasteiger partial charge >= 0.3 is 0 Å². The monoisotopic (exact) mass is 280 g/mol. The van der Waals surface area contributed by atoms with Gasteiger partial charge in [-0.3, -0.25) is 4.79 Å². The first-order valence-corrected chi connectivity index (χ1v) is 7.86. The Kier molecular flexibility index (Phi) is 5.29. The molecule has 0 fully saturated rings. The molecule has 0 aromatic carbocycles. The van der Waals surface area contributed by atoms with Crippen LogP contribution in [0.2, 0.25) is 0 Å². The first-order valence-electron chi connectivity index (χ1n) is 6.17. The Balaban J connectivity index is 0.000000771. The molecular weight excluding hydrogens is 260 g/mol. The van der Waals surface area contributed by atoms with Crippen molar-refractivity contribution in [1.82, 2.24) is 0 Å². The Morgan fingerprint density at radius 1 is 1.11 bits per heavy atom. The Bertz CT molecular complexity index is 492. The molecule has 0 aliphatic carbocycles. The maximum atomic E-state index is 11.3. The van der Waals surface area contributed by atoms with Crippen molar-refractivity contribution in [2.75, 3.05) is 0 Å². The quantitative estimate of drug-likeness (QED) is 0.691. The molecule has 0 aliphatic heterocycles. The first-order chi connectivity index (χ1) is 8.51. The fraction of sp³-hybridized carbons (Fsp3) is 0.400. The fourth-order valence-electron chi connectivity index (χ4n) is 1.62. The maximum Gasteiger partial charge on any atom is 0.169 e. The van der Waals surface area contributed by atoms with Crippen LogP contribution in [0.4, 0.5) is 0 Å². The van der Waals surface area contributed by atoms with Crippen molar-refractivity contribution in [2.24, 2.45) is 0 Å². The highest BCUT2D eigenvalue weighted by Crippen LogP contribution is 2.38. The number of ketones is 1. The molecule has 3 heteroatoms. The van der Waals surface area contributed by atoms with Gasteiger partial charge in [-0.15, -0.1) is 22.7 Å². The van der Waals surface area contributed by atoms with Crippen molar-refractivity contribution in [3.8, 4) is 0 Å². The average molecular weight is 280 g/mol. The minimum absolute atomic E-state index is 0.00648. The molecule has 18 heavy (non-hydrogen) atoms. The van der Waals surface area contributed by atoms with E-state index in [9.17, 15) is 4.79 Å². The Labute approximate surface area is 117 Å². The molecule has 0 saturated heterocycles. The van der Waals surface area contributed by atoms with Gasteiger partial charge in [-0.1, -0.05) is 33.8 Å². The number of carbonyl (C=O) groups excluding carboxylic acids is 1. The predicted octanol–water partition coefficient (Wildman–Crippen LogP) is 5.36. The standard InChI is InChI=1S/C13H14OS2.C2H6/c1-9(14)10-6-7-12(16-10)13(2,3)11-5-4-8-15-11;1-2/h4-8H,1-3H3;1-2H3. The number of rotatable bonds is 3. The minimum Gasteiger partial charge on any atom is -0.294 e. The summed E-state index contributed by atoms with van der Waals surface area (Å²) in [6, 6.07) is 8.22. The van der Waals surface area contributed by atoms with E-state index in [2.05, 4.69) is 37.4 Å². The Hall–Kier alpha value is -0.930. The molecule has 2 aromatic rings. The summed E-state index contributed by atoms with van der Waals surface area (Å²) in [5.41, 5.74) is 0.00648. The third-order valence-electron chi connectivity index (χ3n) is 2.71. The molecule has 2 rings (SSSR count). The lowest BCUT2D eigenvalue weighted by Gasteiger charge is -2.21. The van der Waals surface area contributed by atoms with Crippen molar-refractivity contribution in [2.45, 2.75) is 40.0 Å². The van der Waals surface area contributed by atoms with E-state index in [0.717, 1.165) is 4.88 Å². The van der Waals surface area contributed by atoms with E-state index < -0.39 is 0 Å². The Morgan fingerprint density at radius 3 is 2.22 bits per heavy atom. The van der Waals surface area contributed by atoms with Crippen LogP contribution in [0, 0.1) is 0 Å². The van der Waals surface area contributed by atoms with Crippen LogP contribution in [-0.2, 0) is 5.41 Å². The van der Waals surface area contributed by atoms with Gasteiger partial charge in [0.2, 0.25) is 0 Å². The van der Waals surface area contributed by atoms with Gasteiger partial charge in [0.25, 0.3) is 0 Å². The van der Waals surface area contributed by atoms with E-state index >= 15 is 0 Å². The third kappa shape index (κ3) is 3.09. The summed E-state index contributed by atoms with van der Waals surface area (Å²) in [6.45, 7) is 10.0. The average Bonchev–Trinajstić information content (AvgIpc) is 3.03. The molecule has 0 atom stereocenters. The van der Waals surface area contributed by atoms with Gasteiger partial charge < -0.3 is 0 Å². The summed E-state index contributed by atoms with van der Waals surface area (Å²) >= 11 is 3.37. The lowest BCUT2D eigenvalue weighted by atomic mass is 9.90. The second-order valence-corrected chi connectivity index (χ2v) is 6.35. The first kappa shape index (κ1) is 15.1. The highest BCUT2D eigenvalue weighted by atomic mass is 32.1. The van der Waals surface area contributed by atoms with Gasteiger partial charge in [0.15, 0.2) is 5.78 Å². The lowest BCUT2D eigenvalue weighted by molar-refractivity contribution is 0.102. The topological polar surface area (TPSA) is 17.1 Å². The van der Waals surface area contributed by atoms with Gasteiger partial charge in [-0.25, -0.2) is 0 Å². The Morgan fingerprint density at radius 2 is 1.78 bits per heavy atom. The van der Waals surface area contributed by atoms with Crippen molar-refractivity contribution < 1.29 is 4.79 Å². The molecule has 2 aromatic heterocycles. The van der Waals surface area contributed by atoms with Crippen molar-refractivity contribution >= 4 is 28.5 Å². The minimum atomic E-state index is 0.00648. The van der Waals surface area contributed by atoms with Gasteiger partial charge in [0.1, 0.15) is 0 Å². The molecule has 0 N–H and O–H groups in total. The number of thiophene rings is 2. The summed E-state index contributed by atoms with van der Waals surface area (Å²) in [5, 5.41) is 2.09. The van der Waals surface area contributed by atoms with E-state index in [0.29, 0.717) is 0 Å². The van der Waals surface area contributed by atoms with E-state index in [1.807, 2.05) is 19.9 Å². The second-order valence-electron chi connectivity index (χ2n) is 4.32. The number of Topliss-reactive ketones (excluding diaryl/α,β-unsaturated/α-hetero) is 1. The molecule has 0 amide bonds.